The molecule has 0 aromatic heterocycles. The highest BCUT2D eigenvalue weighted by Gasteiger charge is 2.37. The van der Waals surface area contributed by atoms with Gasteiger partial charge in [0.1, 0.15) is 0 Å². The molecule has 6 nitrogen and oxygen atoms in total. The van der Waals surface area contributed by atoms with Gasteiger partial charge in [0.25, 0.3) is 0 Å². The number of amides is 2. The lowest BCUT2D eigenvalue weighted by atomic mass is 10.1. The van der Waals surface area contributed by atoms with Crippen LogP contribution < -0.4 is 20.1 Å². The number of nitrogens with one attached hydrogen (secondary N) is 2. The summed E-state index contributed by atoms with van der Waals surface area (Å²) in [5.41, 5.74) is 0.738. The van der Waals surface area contributed by atoms with Crippen molar-refractivity contribution in [3.63, 3.8) is 0 Å². The lowest BCUT2D eigenvalue weighted by molar-refractivity contribution is -0.0512. The van der Waals surface area contributed by atoms with Crippen LogP contribution in [-0.2, 0) is 6.54 Å². The van der Waals surface area contributed by atoms with Crippen molar-refractivity contribution in [2.75, 3.05) is 20.2 Å². The Balaban J connectivity index is 1.51. The van der Waals surface area contributed by atoms with Gasteiger partial charge in [-0.25, -0.2) is 4.79 Å². The summed E-state index contributed by atoms with van der Waals surface area (Å²) in [4.78, 5) is 14.6. The molecule has 1 aromatic carbocycles. The van der Waals surface area contributed by atoms with Crippen LogP contribution in [0.1, 0.15) is 24.8 Å². The van der Waals surface area contributed by atoms with Crippen molar-refractivity contribution in [3.8, 4) is 11.5 Å². The first-order valence-electron chi connectivity index (χ1n) is 8.47. The van der Waals surface area contributed by atoms with E-state index in [9.17, 15) is 13.6 Å². The molecule has 2 fully saturated rings. The van der Waals surface area contributed by atoms with E-state index in [-0.39, 0.29) is 30.1 Å². The number of carbonyl (C=O) groups is 1. The topological polar surface area (TPSA) is 62.8 Å². The highest BCUT2D eigenvalue weighted by Crippen LogP contribution is 2.30. The van der Waals surface area contributed by atoms with Crippen LogP contribution in [0.25, 0.3) is 0 Å². The average Bonchev–Trinajstić information content (AvgIpc) is 3.18. The number of urea groups is 1. The Hall–Kier alpha value is -2.09. The number of methoxy groups -OCH3 is 1. The maximum Gasteiger partial charge on any atom is 0.387 e. The maximum atomic E-state index is 12.3. The normalized spacial score (nSPS) is 22.7. The Kier molecular flexibility index (Phi) is 5.57. The van der Waals surface area contributed by atoms with Crippen LogP contribution >= 0.6 is 0 Å². The number of rotatable bonds is 6. The summed E-state index contributed by atoms with van der Waals surface area (Å²) in [6.07, 6.45) is 3.30. The fourth-order valence-corrected chi connectivity index (χ4v) is 3.67. The van der Waals surface area contributed by atoms with Gasteiger partial charge in [0, 0.05) is 25.2 Å². The zero-order chi connectivity index (χ0) is 17.8. The molecule has 8 heteroatoms. The monoisotopic (exact) mass is 355 g/mol. The minimum Gasteiger partial charge on any atom is -0.493 e. The smallest absolute Gasteiger partial charge is 0.387 e. The highest BCUT2D eigenvalue weighted by atomic mass is 19.3. The van der Waals surface area contributed by atoms with Crippen LogP contribution in [0.5, 0.6) is 11.5 Å². The van der Waals surface area contributed by atoms with Crippen molar-refractivity contribution < 1.29 is 23.0 Å². The molecule has 138 valence electrons. The molecule has 2 heterocycles. The predicted octanol–water partition coefficient (Wildman–Crippen LogP) is 2.33. The van der Waals surface area contributed by atoms with Gasteiger partial charge in [-0.3, -0.25) is 4.90 Å². The molecule has 0 aliphatic carbocycles. The largest absolute Gasteiger partial charge is 0.493 e. The quantitative estimate of drug-likeness (QED) is 0.822. The van der Waals surface area contributed by atoms with E-state index in [1.54, 1.807) is 12.1 Å². The molecule has 2 aliphatic rings. The standard InChI is InChI=1S/C17H23F2N3O3/c1-24-15-9-11(4-5-14(15)25-16(18)19)10-20-17(23)21-12-6-8-22-7-2-3-13(12)22/h4-5,9,12-13,16H,2-3,6-8,10H2,1H3,(H2,20,21,23)/t12-,13+/m0/s1. The average molecular weight is 355 g/mol. The highest BCUT2D eigenvalue weighted by molar-refractivity contribution is 5.74. The fraction of sp³-hybridized carbons (Fsp3) is 0.588. The first kappa shape index (κ1) is 17.7. The van der Waals surface area contributed by atoms with Gasteiger partial charge in [-0.1, -0.05) is 6.07 Å². The Labute approximate surface area is 145 Å². The van der Waals surface area contributed by atoms with Gasteiger partial charge in [0.2, 0.25) is 0 Å². The zero-order valence-corrected chi connectivity index (χ0v) is 14.1. The van der Waals surface area contributed by atoms with E-state index in [1.165, 1.54) is 19.6 Å². The van der Waals surface area contributed by atoms with Gasteiger partial charge in [0.15, 0.2) is 11.5 Å². The third-order valence-corrected chi connectivity index (χ3v) is 4.82. The van der Waals surface area contributed by atoms with Crippen LogP contribution in [0.4, 0.5) is 13.6 Å². The first-order valence-corrected chi connectivity index (χ1v) is 8.47. The Morgan fingerprint density at radius 3 is 2.92 bits per heavy atom. The molecule has 0 spiro atoms. The van der Waals surface area contributed by atoms with Crippen molar-refractivity contribution in [2.24, 2.45) is 0 Å². The van der Waals surface area contributed by atoms with E-state index in [2.05, 4.69) is 20.3 Å². The van der Waals surface area contributed by atoms with E-state index in [0.717, 1.165) is 31.5 Å². The van der Waals surface area contributed by atoms with Gasteiger partial charge in [0.05, 0.1) is 7.11 Å². The molecule has 0 bridgehead atoms. The van der Waals surface area contributed by atoms with Gasteiger partial charge < -0.3 is 20.1 Å². The first-order chi connectivity index (χ1) is 12.1. The lowest BCUT2D eigenvalue weighted by Gasteiger charge is -2.21. The summed E-state index contributed by atoms with van der Waals surface area (Å²) in [6.45, 7) is -0.473. The van der Waals surface area contributed by atoms with Gasteiger partial charge in [-0.05, 0) is 43.5 Å². The van der Waals surface area contributed by atoms with Crippen LogP contribution in [0.2, 0.25) is 0 Å². The van der Waals surface area contributed by atoms with E-state index in [1.807, 2.05) is 0 Å². The second-order valence-corrected chi connectivity index (χ2v) is 6.33. The molecular weight excluding hydrogens is 332 g/mol. The molecule has 2 aliphatic heterocycles. The molecule has 1 aromatic rings. The molecule has 2 saturated heterocycles. The lowest BCUT2D eigenvalue weighted by Crippen LogP contribution is -2.46. The zero-order valence-electron chi connectivity index (χ0n) is 14.1. The van der Waals surface area contributed by atoms with E-state index in [4.69, 9.17) is 4.74 Å². The number of nitrogens with zero attached hydrogens (tertiary/aromatic N) is 1. The van der Waals surface area contributed by atoms with E-state index < -0.39 is 6.61 Å². The predicted molar refractivity (Wildman–Crippen MR) is 88.0 cm³/mol. The second-order valence-electron chi connectivity index (χ2n) is 6.33. The number of hydrogen-bond acceptors (Lipinski definition) is 4. The molecule has 2 N–H and O–H groups in total. The number of carbonyl (C=O) groups excluding carboxylic acids is 1. The van der Waals surface area contributed by atoms with Crippen LogP contribution in [0.15, 0.2) is 18.2 Å². The molecule has 3 rings (SSSR count). The Morgan fingerprint density at radius 2 is 2.16 bits per heavy atom. The molecule has 2 atom stereocenters. The fourth-order valence-electron chi connectivity index (χ4n) is 3.67. The van der Waals surface area contributed by atoms with E-state index in [0.29, 0.717) is 6.04 Å². The second kappa shape index (κ2) is 7.86. The van der Waals surface area contributed by atoms with E-state index >= 15 is 0 Å². The molecule has 0 saturated carbocycles. The molecule has 0 radical (unpaired) electrons. The number of halogens is 2. The molecule has 2 amide bonds. The van der Waals surface area contributed by atoms with Crippen LogP contribution in [0.3, 0.4) is 0 Å². The molecule has 0 unspecified atom stereocenters. The van der Waals surface area contributed by atoms with Crippen LogP contribution in [0, 0.1) is 0 Å². The Morgan fingerprint density at radius 1 is 1.32 bits per heavy atom. The number of fused-ring (bicyclic) bond motifs is 1. The summed E-state index contributed by atoms with van der Waals surface area (Å²) in [5.74, 6) is 0.176. The minimum atomic E-state index is -2.91. The van der Waals surface area contributed by atoms with Gasteiger partial charge in [-0.2, -0.15) is 8.78 Å². The SMILES string of the molecule is COc1cc(CNC(=O)N[C@H]2CCN3CCC[C@H]23)ccc1OC(F)F. The summed E-state index contributed by atoms with van der Waals surface area (Å²) in [6, 6.07) is 5.04. The maximum absolute atomic E-state index is 12.3. The van der Waals surface area contributed by atoms with Crippen molar-refractivity contribution in [1.29, 1.82) is 0 Å². The minimum absolute atomic E-state index is 0.0296. The van der Waals surface area contributed by atoms with Crippen molar-refractivity contribution in [3.05, 3.63) is 23.8 Å². The summed E-state index contributed by atoms with van der Waals surface area (Å²) < 4.78 is 34.1. The summed E-state index contributed by atoms with van der Waals surface area (Å²) in [5, 5.41) is 5.84. The van der Waals surface area contributed by atoms with Crippen molar-refractivity contribution in [1.82, 2.24) is 15.5 Å². The number of alkyl halides is 2. The third kappa shape index (κ3) is 4.31. The van der Waals surface area contributed by atoms with Crippen LogP contribution in [-0.4, -0.2) is 49.8 Å². The van der Waals surface area contributed by atoms with Gasteiger partial charge in [-0.15, -0.1) is 0 Å². The van der Waals surface area contributed by atoms with Crippen molar-refractivity contribution in [2.45, 2.75) is 44.5 Å². The third-order valence-electron chi connectivity index (χ3n) is 4.82. The Bertz CT molecular complexity index is 615. The summed E-state index contributed by atoms with van der Waals surface area (Å²) in [7, 11) is 1.38. The summed E-state index contributed by atoms with van der Waals surface area (Å²) >= 11 is 0. The number of ether oxygens (including phenoxy) is 2. The van der Waals surface area contributed by atoms with Crippen molar-refractivity contribution >= 4 is 6.03 Å². The van der Waals surface area contributed by atoms with Gasteiger partial charge >= 0.3 is 12.6 Å². The molecule has 25 heavy (non-hydrogen) atoms. The molecular formula is C17H23F2N3O3. The number of hydrogen-bond donors (Lipinski definition) is 2. The number of benzene rings is 1.